The molecule has 0 saturated carbocycles. The number of methoxy groups -OCH3 is 1. The SMILES string of the molecule is COc1ccc(-c2ccc3nc(Cc4csc(C)n4)n([C@@H](C)c4ccccc4)c3c2)cn1. The molecule has 1 atom stereocenters. The molecule has 0 unspecified atom stereocenters. The molecular weight excluding hydrogens is 416 g/mol. The van der Waals surface area contributed by atoms with Crippen molar-refractivity contribution in [2.75, 3.05) is 7.11 Å². The average Bonchev–Trinajstić information content (AvgIpc) is 3.41. The van der Waals surface area contributed by atoms with Crippen LogP contribution in [-0.4, -0.2) is 26.6 Å². The number of aromatic nitrogens is 4. The second kappa shape index (κ2) is 8.55. The van der Waals surface area contributed by atoms with E-state index in [9.17, 15) is 0 Å². The predicted molar refractivity (Wildman–Crippen MR) is 129 cm³/mol. The first-order valence-corrected chi connectivity index (χ1v) is 11.5. The van der Waals surface area contributed by atoms with Crippen molar-refractivity contribution in [1.82, 2.24) is 19.5 Å². The van der Waals surface area contributed by atoms with Crippen molar-refractivity contribution in [1.29, 1.82) is 0 Å². The molecule has 0 bridgehead atoms. The molecule has 0 spiro atoms. The molecule has 3 aromatic heterocycles. The number of fused-ring (bicyclic) bond motifs is 1. The van der Waals surface area contributed by atoms with E-state index >= 15 is 0 Å². The molecule has 0 aliphatic heterocycles. The van der Waals surface area contributed by atoms with Gasteiger partial charge in [0.05, 0.1) is 34.9 Å². The number of benzene rings is 2. The van der Waals surface area contributed by atoms with E-state index < -0.39 is 0 Å². The van der Waals surface area contributed by atoms with Crippen LogP contribution in [0.1, 0.15) is 35.1 Å². The van der Waals surface area contributed by atoms with Gasteiger partial charge in [-0.1, -0.05) is 36.4 Å². The highest BCUT2D eigenvalue weighted by atomic mass is 32.1. The van der Waals surface area contributed by atoms with E-state index in [4.69, 9.17) is 9.72 Å². The van der Waals surface area contributed by atoms with Gasteiger partial charge >= 0.3 is 0 Å². The Morgan fingerprint density at radius 2 is 1.81 bits per heavy atom. The number of hydrogen-bond acceptors (Lipinski definition) is 5. The normalized spacial score (nSPS) is 12.2. The van der Waals surface area contributed by atoms with Crippen LogP contribution in [0, 0.1) is 6.92 Å². The van der Waals surface area contributed by atoms with E-state index in [1.54, 1.807) is 18.4 Å². The van der Waals surface area contributed by atoms with Gasteiger partial charge in [-0.2, -0.15) is 0 Å². The standard InChI is InChI=1S/C26H24N4OS/c1-17(19-7-5-4-6-8-19)30-24-13-20(21-10-12-26(31-3)27-15-21)9-11-23(24)29-25(30)14-22-16-32-18(2)28-22/h4-13,15-17H,14H2,1-3H3/t17-/m0/s1. The van der Waals surface area contributed by atoms with Gasteiger partial charge in [-0.25, -0.2) is 15.0 Å². The first-order chi connectivity index (χ1) is 15.6. The van der Waals surface area contributed by atoms with Crippen molar-refractivity contribution >= 4 is 22.4 Å². The first-order valence-electron chi connectivity index (χ1n) is 10.6. The summed E-state index contributed by atoms with van der Waals surface area (Å²) < 4.78 is 7.55. The Hall–Kier alpha value is -3.51. The van der Waals surface area contributed by atoms with Crippen molar-refractivity contribution in [3.05, 3.63) is 94.3 Å². The van der Waals surface area contributed by atoms with Gasteiger partial charge in [0.2, 0.25) is 5.88 Å². The highest BCUT2D eigenvalue weighted by Crippen LogP contribution is 2.31. The lowest BCUT2D eigenvalue weighted by Crippen LogP contribution is -2.11. The Kier molecular flexibility index (Phi) is 5.45. The zero-order chi connectivity index (χ0) is 22.1. The molecule has 0 N–H and O–H groups in total. The molecule has 0 fully saturated rings. The van der Waals surface area contributed by atoms with E-state index in [0.717, 1.165) is 38.7 Å². The number of hydrogen-bond donors (Lipinski definition) is 0. The maximum Gasteiger partial charge on any atom is 0.212 e. The summed E-state index contributed by atoms with van der Waals surface area (Å²) in [4.78, 5) is 14.1. The van der Waals surface area contributed by atoms with Crippen LogP contribution in [0.25, 0.3) is 22.2 Å². The molecule has 0 aliphatic rings. The molecule has 0 saturated heterocycles. The van der Waals surface area contributed by atoms with Crippen LogP contribution < -0.4 is 4.74 Å². The molecule has 5 rings (SSSR count). The maximum atomic E-state index is 5.21. The number of imidazole rings is 1. The van der Waals surface area contributed by atoms with Gasteiger partial charge in [0, 0.05) is 29.6 Å². The smallest absolute Gasteiger partial charge is 0.212 e. The summed E-state index contributed by atoms with van der Waals surface area (Å²) in [5, 5.41) is 3.20. The molecule has 5 aromatic rings. The Morgan fingerprint density at radius 3 is 2.50 bits per heavy atom. The summed E-state index contributed by atoms with van der Waals surface area (Å²) in [5.41, 5.74) is 6.55. The van der Waals surface area contributed by atoms with Crippen molar-refractivity contribution in [2.24, 2.45) is 0 Å². The van der Waals surface area contributed by atoms with E-state index in [1.165, 1.54) is 5.56 Å². The lowest BCUT2D eigenvalue weighted by Gasteiger charge is -2.18. The van der Waals surface area contributed by atoms with Gasteiger partial charge in [-0.05, 0) is 43.2 Å². The second-order valence-corrected chi connectivity index (χ2v) is 8.87. The molecule has 32 heavy (non-hydrogen) atoms. The molecule has 0 aliphatic carbocycles. The number of ether oxygens (including phenoxy) is 1. The van der Waals surface area contributed by atoms with Crippen molar-refractivity contribution < 1.29 is 4.74 Å². The molecule has 5 nitrogen and oxygen atoms in total. The summed E-state index contributed by atoms with van der Waals surface area (Å²) in [7, 11) is 1.63. The Bertz CT molecular complexity index is 1360. The number of aryl methyl sites for hydroxylation is 1. The molecular formula is C26H24N4OS. The van der Waals surface area contributed by atoms with Crippen LogP contribution in [0.3, 0.4) is 0 Å². The number of rotatable bonds is 6. The van der Waals surface area contributed by atoms with Gasteiger partial charge in [-0.15, -0.1) is 11.3 Å². The van der Waals surface area contributed by atoms with Gasteiger partial charge in [-0.3, -0.25) is 0 Å². The zero-order valence-corrected chi connectivity index (χ0v) is 19.1. The third-order valence-electron chi connectivity index (χ3n) is 5.72. The van der Waals surface area contributed by atoms with E-state index in [1.807, 2.05) is 25.3 Å². The van der Waals surface area contributed by atoms with Crippen LogP contribution in [0.15, 0.2) is 72.2 Å². The fourth-order valence-corrected chi connectivity index (χ4v) is 4.70. The summed E-state index contributed by atoms with van der Waals surface area (Å²) in [6.45, 7) is 4.27. The third kappa shape index (κ3) is 3.89. The van der Waals surface area contributed by atoms with E-state index in [-0.39, 0.29) is 6.04 Å². The minimum atomic E-state index is 0.139. The van der Waals surface area contributed by atoms with E-state index in [2.05, 4.69) is 75.4 Å². The minimum absolute atomic E-state index is 0.139. The van der Waals surface area contributed by atoms with Gasteiger partial charge in [0.1, 0.15) is 5.82 Å². The summed E-state index contributed by atoms with van der Waals surface area (Å²) in [6.07, 6.45) is 2.55. The number of pyridine rings is 1. The second-order valence-electron chi connectivity index (χ2n) is 7.81. The third-order valence-corrected chi connectivity index (χ3v) is 6.54. The highest BCUT2D eigenvalue weighted by molar-refractivity contribution is 7.09. The van der Waals surface area contributed by atoms with E-state index in [0.29, 0.717) is 12.3 Å². The van der Waals surface area contributed by atoms with Gasteiger partial charge in [0.15, 0.2) is 0 Å². The quantitative estimate of drug-likeness (QED) is 0.321. The monoisotopic (exact) mass is 440 g/mol. The molecule has 3 heterocycles. The molecule has 2 aromatic carbocycles. The highest BCUT2D eigenvalue weighted by Gasteiger charge is 2.19. The average molecular weight is 441 g/mol. The van der Waals surface area contributed by atoms with Crippen molar-refractivity contribution in [2.45, 2.75) is 26.3 Å². The van der Waals surface area contributed by atoms with Gasteiger partial charge < -0.3 is 9.30 Å². The topological polar surface area (TPSA) is 52.8 Å². The fraction of sp³-hybridized carbons (Fsp3) is 0.192. The van der Waals surface area contributed by atoms with Gasteiger partial charge in [0.25, 0.3) is 0 Å². The lowest BCUT2D eigenvalue weighted by atomic mass is 10.1. The van der Waals surface area contributed by atoms with Crippen LogP contribution in [0.2, 0.25) is 0 Å². The van der Waals surface area contributed by atoms with Crippen LogP contribution in [0.5, 0.6) is 5.88 Å². The maximum absolute atomic E-state index is 5.21. The molecule has 0 radical (unpaired) electrons. The summed E-state index contributed by atoms with van der Waals surface area (Å²) >= 11 is 1.68. The summed E-state index contributed by atoms with van der Waals surface area (Å²) in [6, 6.07) is 21.0. The lowest BCUT2D eigenvalue weighted by molar-refractivity contribution is 0.398. The van der Waals surface area contributed by atoms with Crippen LogP contribution in [0.4, 0.5) is 0 Å². The molecule has 6 heteroatoms. The first kappa shape index (κ1) is 20.4. The Morgan fingerprint density at radius 1 is 1.00 bits per heavy atom. The fourth-order valence-electron chi connectivity index (χ4n) is 4.08. The summed E-state index contributed by atoms with van der Waals surface area (Å²) in [5.74, 6) is 1.63. The number of nitrogens with zero attached hydrogens (tertiary/aromatic N) is 4. The minimum Gasteiger partial charge on any atom is -0.481 e. The molecule has 160 valence electrons. The van der Waals surface area contributed by atoms with Crippen molar-refractivity contribution in [3.63, 3.8) is 0 Å². The molecule has 0 amide bonds. The van der Waals surface area contributed by atoms with Crippen molar-refractivity contribution in [3.8, 4) is 17.0 Å². The Balaban J connectivity index is 1.64. The Labute approximate surface area is 191 Å². The van der Waals surface area contributed by atoms with Crippen LogP contribution >= 0.6 is 11.3 Å². The largest absolute Gasteiger partial charge is 0.481 e. The number of thiazole rings is 1. The predicted octanol–water partition coefficient (Wildman–Crippen LogP) is 6.07. The zero-order valence-electron chi connectivity index (χ0n) is 18.3. The van der Waals surface area contributed by atoms with Crippen LogP contribution in [-0.2, 0) is 6.42 Å².